The van der Waals surface area contributed by atoms with Crippen LogP contribution in [0.3, 0.4) is 0 Å². The van der Waals surface area contributed by atoms with Crippen molar-refractivity contribution in [2.24, 2.45) is 0 Å². The maximum atomic E-state index is 12.6. The van der Waals surface area contributed by atoms with Gasteiger partial charge in [-0.05, 0) is 31.3 Å². The maximum absolute atomic E-state index is 12.6. The summed E-state index contributed by atoms with van der Waals surface area (Å²) >= 11 is 0. The summed E-state index contributed by atoms with van der Waals surface area (Å²) in [5.74, 6) is 0.620. The molecule has 0 unspecified atom stereocenters. The first-order valence-corrected chi connectivity index (χ1v) is 10.4. The molecule has 32 heavy (non-hydrogen) atoms. The number of methoxy groups -OCH3 is 1. The fourth-order valence-electron chi connectivity index (χ4n) is 3.57. The largest absolute Gasteiger partial charge is 0.497 e. The van der Waals surface area contributed by atoms with Crippen LogP contribution in [0, 0.1) is 0 Å². The number of nitrogens with zero attached hydrogens (tertiary/aromatic N) is 3. The molecule has 0 aliphatic heterocycles. The second-order valence-corrected chi connectivity index (χ2v) is 7.60. The van der Waals surface area contributed by atoms with Gasteiger partial charge in [-0.25, -0.2) is 4.68 Å². The quantitative estimate of drug-likeness (QED) is 0.447. The lowest BCUT2D eigenvalue weighted by Crippen LogP contribution is -2.29. The number of hydrogen-bond donors (Lipinski definition) is 1. The van der Waals surface area contributed by atoms with Gasteiger partial charge < -0.3 is 10.1 Å². The first-order valence-electron chi connectivity index (χ1n) is 10.4. The number of likely N-dealkylation sites (N-methyl/N-ethyl adjacent to an activating group) is 1. The van der Waals surface area contributed by atoms with Crippen molar-refractivity contribution < 1.29 is 9.53 Å². The van der Waals surface area contributed by atoms with Gasteiger partial charge in [0.15, 0.2) is 0 Å². The molecule has 0 fully saturated rings. The van der Waals surface area contributed by atoms with Crippen LogP contribution in [0.5, 0.6) is 5.75 Å². The number of rotatable bonds is 8. The molecule has 0 aliphatic rings. The first kappa shape index (κ1) is 21.3. The van der Waals surface area contributed by atoms with Crippen LogP contribution in [-0.2, 0) is 11.3 Å². The van der Waals surface area contributed by atoms with Crippen LogP contribution in [0.15, 0.2) is 91.1 Å². The van der Waals surface area contributed by atoms with E-state index in [4.69, 9.17) is 9.84 Å². The van der Waals surface area contributed by atoms with Gasteiger partial charge in [0.1, 0.15) is 5.75 Å². The molecule has 0 radical (unpaired) electrons. The zero-order valence-electron chi connectivity index (χ0n) is 18.2. The van der Waals surface area contributed by atoms with Crippen LogP contribution in [-0.4, -0.2) is 41.3 Å². The average Bonchev–Trinajstić information content (AvgIpc) is 3.23. The number of hydrogen-bond acceptors (Lipinski definition) is 4. The Kier molecular flexibility index (Phi) is 6.63. The van der Waals surface area contributed by atoms with Crippen molar-refractivity contribution in [3.05, 3.63) is 96.7 Å². The molecule has 162 valence electrons. The van der Waals surface area contributed by atoms with E-state index >= 15 is 0 Å². The number of ether oxygens (including phenoxy) is 1. The number of aromatic nitrogens is 2. The molecule has 1 amide bonds. The molecular formula is C26H26N4O2. The monoisotopic (exact) mass is 426 g/mol. The Labute approximate surface area is 188 Å². The Balaban J connectivity index is 1.51. The van der Waals surface area contributed by atoms with E-state index < -0.39 is 0 Å². The van der Waals surface area contributed by atoms with Crippen molar-refractivity contribution in [1.29, 1.82) is 0 Å². The Morgan fingerprint density at radius 1 is 1.00 bits per heavy atom. The molecule has 3 aromatic carbocycles. The second-order valence-electron chi connectivity index (χ2n) is 7.60. The Morgan fingerprint density at radius 2 is 1.72 bits per heavy atom. The average molecular weight is 427 g/mol. The third-order valence-corrected chi connectivity index (χ3v) is 5.07. The summed E-state index contributed by atoms with van der Waals surface area (Å²) in [6, 6.07) is 27.5. The van der Waals surface area contributed by atoms with Crippen molar-refractivity contribution in [2.75, 3.05) is 26.0 Å². The molecule has 4 rings (SSSR count). The van der Waals surface area contributed by atoms with Gasteiger partial charge in [0.2, 0.25) is 5.91 Å². The summed E-state index contributed by atoms with van der Waals surface area (Å²) in [4.78, 5) is 14.6. The van der Waals surface area contributed by atoms with E-state index in [9.17, 15) is 4.79 Å². The molecular weight excluding hydrogens is 400 g/mol. The van der Waals surface area contributed by atoms with Crippen LogP contribution in [0.2, 0.25) is 0 Å². The van der Waals surface area contributed by atoms with E-state index in [-0.39, 0.29) is 12.5 Å². The minimum Gasteiger partial charge on any atom is -0.497 e. The lowest BCUT2D eigenvalue weighted by molar-refractivity contribution is -0.117. The highest BCUT2D eigenvalue weighted by Gasteiger charge is 2.15. The van der Waals surface area contributed by atoms with Gasteiger partial charge in [0.05, 0.1) is 25.0 Å². The smallest absolute Gasteiger partial charge is 0.238 e. The minimum atomic E-state index is -0.0857. The fourth-order valence-corrected chi connectivity index (χ4v) is 3.57. The van der Waals surface area contributed by atoms with E-state index in [1.54, 1.807) is 13.2 Å². The van der Waals surface area contributed by atoms with Crippen LogP contribution >= 0.6 is 0 Å². The zero-order valence-corrected chi connectivity index (χ0v) is 18.2. The van der Waals surface area contributed by atoms with Gasteiger partial charge in [0, 0.05) is 35.6 Å². The molecule has 0 saturated heterocycles. The molecule has 0 bridgehead atoms. The van der Waals surface area contributed by atoms with Gasteiger partial charge in [-0.2, -0.15) is 5.10 Å². The van der Waals surface area contributed by atoms with Crippen LogP contribution < -0.4 is 10.1 Å². The highest BCUT2D eigenvalue weighted by molar-refractivity contribution is 5.92. The van der Waals surface area contributed by atoms with Gasteiger partial charge in [-0.3, -0.25) is 9.69 Å². The number of anilines is 1. The lowest BCUT2D eigenvalue weighted by Gasteiger charge is -2.16. The summed E-state index contributed by atoms with van der Waals surface area (Å²) in [6.07, 6.45) is 2.04. The highest BCUT2D eigenvalue weighted by Crippen LogP contribution is 2.24. The van der Waals surface area contributed by atoms with Crippen molar-refractivity contribution in [2.45, 2.75) is 6.54 Å². The molecule has 4 aromatic rings. The van der Waals surface area contributed by atoms with Crippen LogP contribution in [0.1, 0.15) is 5.56 Å². The maximum Gasteiger partial charge on any atom is 0.238 e. The number of carbonyl (C=O) groups excluding carboxylic acids is 1. The van der Waals surface area contributed by atoms with E-state index in [1.165, 1.54) is 0 Å². The van der Waals surface area contributed by atoms with Crippen molar-refractivity contribution in [3.8, 4) is 22.7 Å². The van der Waals surface area contributed by atoms with Crippen molar-refractivity contribution in [3.63, 3.8) is 0 Å². The molecule has 0 atom stereocenters. The van der Waals surface area contributed by atoms with Crippen molar-refractivity contribution in [1.82, 2.24) is 14.7 Å². The minimum absolute atomic E-state index is 0.0857. The Morgan fingerprint density at radius 3 is 2.44 bits per heavy atom. The summed E-state index contributed by atoms with van der Waals surface area (Å²) in [5.41, 5.74) is 4.72. The third-order valence-electron chi connectivity index (χ3n) is 5.07. The predicted octanol–water partition coefficient (Wildman–Crippen LogP) is 4.62. The summed E-state index contributed by atoms with van der Waals surface area (Å²) in [6.45, 7) is 0.838. The SMILES string of the molecule is COc1cccc(NC(=O)CN(C)Cc2cn(-c3ccccc3)nc2-c2ccccc2)c1. The molecule has 1 heterocycles. The number of benzene rings is 3. The van der Waals surface area contributed by atoms with Gasteiger partial charge >= 0.3 is 0 Å². The Bertz CT molecular complexity index is 1170. The fraction of sp³-hybridized carbons (Fsp3) is 0.154. The van der Waals surface area contributed by atoms with E-state index in [2.05, 4.69) is 17.4 Å². The van der Waals surface area contributed by atoms with E-state index in [0.717, 1.165) is 22.5 Å². The molecule has 6 nitrogen and oxygen atoms in total. The van der Waals surface area contributed by atoms with Crippen LogP contribution in [0.4, 0.5) is 5.69 Å². The molecule has 1 N–H and O–H groups in total. The van der Waals surface area contributed by atoms with Gasteiger partial charge in [0.25, 0.3) is 0 Å². The third kappa shape index (κ3) is 5.22. The molecule has 1 aromatic heterocycles. The van der Waals surface area contributed by atoms with Gasteiger partial charge in [-0.15, -0.1) is 0 Å². The lowest BCUT2D eigenvalue weighted by atomic mass is 10.1. The number of carbonyl (C=O) groups is 1. The molecule has 0 spiro atoms. The summed E-state index contributed by atoms with van der Waals surface area (Å²) in [7, 11) is 3.54. The molecule has 6 heteroatoms. The zero-order chi connectivity index (χ0) is 22.3. The number of para-hydroxylation sites is 1. The Hall–Kier alpha value is -3.90. The van der Waals surface area contributed by atoms with E-state index in [0.29, 0.717) is 18.0 Å². The van der Waals surface area contributed by atoms with Gasteiger partial charge in [-0.1, -0.05) is 54.6 Å². The van der Waals surface area contributed by atoms with Crippen molar-refractivity contribution >= 4 is 11.6 Å². The summed E-state index contributed by atoms with van der Waals surface area (Å²) < 4.78 is 7.11. The number of nitrogens with one attached hydrogen (secondary N) is 1. The molecule has 0 aliphatic carbocycles. The second kappa shape index (κ2) is 9.94. The first-order chi connectivity index (χ1) is 15.6. The topological polar surface area (TPSA) is 59.4 Å². The number of amides is 1. The summed E-state index contributed by atoms with van der Waals surface area (Å²) in [5, 5.41) is 7.77. The van der Waals surface area contributed by atoms with E-state index in [1.807, 2.05) is 89.6 Å². The highest BCUT2D eigenvalue weighted by atomic mass is 16.5. The van der Waals surface area contributed by atoms with Crippen LogP contribution in [0.25, 0.3) is 16.9 Å². The standard InChI is InChI=1S/C26H26N4O2/c1-29(19-25(31)27-22-12-9-15-24(16-22)32-2)17-21-18-30(23-13-7-4-8-14-23)28-26(21)20-10-5-3-6-11-20/h3-16,18H,17,19H2,1-2H3,(H,27,31). The predicted molar refractivity (Wildman–Crippen MR) is 127 cm³/mol. The normalized spacial score (nSPS) is 10.8. The molecule has 0 saturated carbocycles.